The van der Waals surface area contributed by atoms with Crippen molar-refractivity contribution in [2.75, 3.05) is 32.7 Å². The van der Waals surface area contributed by atoms with E-state index >= 15 is 0 Å². The van der Waals surface area contributed by atoms with Gasteiger partial charge in [-0.1, -0.05) is 30.3 Å². The third-order valence-electron chi connectivity index (χ3n) is 5.19. The standard InChI is InChI=1S/C18H29N3/c1-16-9-12-20(18-7-10-19-11-8-18)13-14-21(16)15-17-5-3-2-4-6-17/h2-6,16,18-19H,7-15H2,1H3. The van der Waals surface area contributed by atoms with Crippen LogP contribution in [0, 0.1) is 0 Å². The van der Waals surface area contributed by atoms with Crippen LogP contribution in [-0.2, 0) is 6.54 Å². The fourth-order valence-corrected chi connectivity index (χ4v) is 3.71. The minimum absolute atomic E-state index is 0.692. The number of nitrogens with zero attached hydrogens (tertiary/aromatic N) is 2. The molecule has 3 nitrogen and oxygen atoms in total. The van der Waals surface area contributed by atoms with Gasteiger partial charge in [0.05, 0.1) is 0 Å². The van der Waals surface area contributed by atoms with Gasteiger partial charge in [0.15, 0.2) is 0 Å². The fourth-order valence-electron chi connectivity index (χ4n) is 3.71. The van der Waals surface area contributed by atoms with E-state index in [1.54, 1.807) is 0 Å². The largest absolute Gasteiger partial charge is 0.317 e. The highest BCUT2D eigenvalue weighted by Gasteiger charge is 2.26. The second-order valence-corrected chi connectivity index (χ2v) is 6.61. The van der Waals surface area contributed by atoms with Crippen molar-refractivity contribution in [2.24, 2.45) is 0 Å². The highest BCUT2D eigenvalue weighted by Crippen LogP contribution is 2.19. The lowest BCUT2D eigenvalue weighted by Crippen LogP contribution is -2.44. The van der Waals surface area contributed by atoms with Gasteiger partial charge < -0.3 is 5.32 Å². The minimum Gasteiger partial charge on any atom is -0.317 e. The predicted molar refractivity (Wildman–Crippen MR) is 88.4 cm³/mol. The van der Waals surface area contributed by atoms with E-state index < -0.39 is 0 Å². The molecular weight excluding hydrogens is 258 g/mol. The number of hydrogen-bond acceptors (Lipinski definition) is 3. The maximum absolute atomic E-state index is 3.48. The highest BCUT2D eigenvalue weighted by molar-refractivity contribution is 5.14. The second-order valence-electron chi connectivity index (χ2n) is 6.61. The summed E-state index contributed by atoms with van der Waals surface area (Å²) in [7, 11) is 0. The summed E-state index contributed by atoms with van der Waals surface area (Å²) in [5.74, 6) is 0. The van der Waals surface area contributed by atoms with Crippen LogP contribution in [0.5, 0.6) is 0 Å². The van der Waals surface area contributed by atoms with Crippen LogP contribution in [0.4, 0.5) is 0 Å². The van der Waals surface area contributed by atoms with E-state index in [2.05, 4.69) is 52.4 Å². The Kier molecular flexibility index (Phi) is 5.28. The normalized spacial score (nSPS) is 26.6. The van der Waals surface area contributed by atoms with E-state index in [-0.39, 0.29) is 0 Å². The molecule has 1 aromatic rings. The Bertz CT molecular complexity index is 414. The van der Waals surface area contributed by atoms with E-state index in [0.29, 0.717) is 6.04 Å². The lowest BCUT2D eigenvalue weighted by molar-refractivity contribution is 0.162. The van der Waals surface area contributed by atoms with E-state index in [4.69, 9.17) is 0 Å². The lowest BCUT2D eigenvalue weighted by atomic mass is 10.0. The smallest absolute Gasteiger partial charge is 0.0237 e. The van der Waals surface area contributed by atoms with Gasteiger partial charge in [0.25, 0.3) is 0 Å². The molecule has 0 bridgehead atoms. The van der Waals surface area contributed by atoms with Gasteiger partial charge >= 0.3 is 0 Å². The Morgan fingerprint density at radius 2 is 1.76 bits per heavy atom. The molecule has 1 atom stereocenters. The minimum atomic E-state index is 0.692. The van der Waals surface area contributed by atoms with Gasteiger partial charge in [-0.3, -0.25) is 9.80 Å². The highest BCUT2D eigenvalue weighted by atomic mass is 15.2. The first-order chi connectivity index (χ1) is 10.3. The van der Waals surface area contributed by atoms with Crippen LogP contribution < -0.4 is 5.32 Å². The molecule has 2 aliphatic heterocycles. The van der Waals surface area contributed by atoms with E-state index in [1.165, 1.54) is 57.5 Å². The van der Waals surface area contributed by atoms with E-state index in [0.717, 1.165) is 12.6 Å². The van der Waals surface area contributed by atoms with Crippen molar-refractivity contribution in [3.63, 3.8) is 0 Å². The van der Waals surface area contributed by atoms with Crippen LogP contribution in [0.3, 0.4) is 0 Å². The van der Waals surface area contributed by atoms with Gasteiger partial charge in [0.2, 0.25) is 0 Å². The molecule has 1 unspecified atom stereocenters. The third-order valence-corrected chi connectivity index (χ3v) is 5.19. The summed E-state index contributed by atoms with van der Waals surface area (Å²) in [5.41, 5.74) is 1.44. The van der Waals surface area contributed by atoms with Crippen LogP contribution in [0.15, 0.2) is 30.3 Å². The van der Waals surface area contributed by atoms with Crippen molar-refractivity contribution in [3.05, 3.63) is 35.9 Å². The maximum atomic E-state index is 3.48. The number of rotatable bonds is 3. The fraction of sp³-hybridized carbons (Fsp3) is 0.667. The van der Waals surface area contributed by atoms with Crippen LogP contribution >= 0.6 is 0 Å². The SMILES string of the molecule is CC1CCN(C2CCNCC2)CCN1Cc1ccccc1. The molecule has 0 saturated carbocycles. The summed E-state index contributed by atoms with van der Waals surface area (Å²) in [5, 5.41) is 3.48. The van der Waals surface area contributed by atoms with Gasteiger partial charge in [-0.15, -0.1) is 0 Å². The number of piperidine rings is 1. The van der Waals surface area contributed by atoms with Gasteiger partial charge in [0.1, 0.15) is 0 Å². The summed E-state index contributed by atoms with van der Waals surface area (Å²) in [4.78, 5) is 5.42. The molecule has 2 heterocycles. The second kappa shape index (κ2) is 7.39. The summed E-state index contributed by atoms with van der Waals surface area (Å²) >= 11 is 0. The Labute approximate surface area is 129 Å². The van der Waals surface area contributed by atoms with Crippen LogP contribution in [0.1, 0.15) is 31.7 Å². The molecule has 1 N–H and O–H groups in total. The van der Waals surface area contributed by atoms with Gasteiger partial charge in [0, 0.05) is 31.7 Å². The third kappa shape index (κ3) is 4.06. The molecule has 0 spiro atoms. The van der Waals surface area contributed by atoms with Crippen LogP contribution in [0.2, 0.25) is 0 Å². The summed E-state index contributed by atoms with van der Waals surface area (Å²) < 4.78 is 0. The molecule has 0 amide bonds. The molecule has 0 aliphatic carbocycles. The Morgan fingerprint density at radius 1 is 1.00 bits per heavy atom. The zero-order valence-corrected chi connectivity index (χ0v) is 13.3. The average molecular weight is 287 g/mol. The molecule has 0 aromatic heterocycles. The van der Waals surface area contributed by atoms with Gasteiger partial charge in [-0.2, -0.15) is 0 Å². The average Bonchev–Trinajstić information content (AvgIpc) is 2.72. The topological polar surface area (TPSA) is 18.5 Å². The Morgan fingerprint density at radius 3 is 2.52 bits per heavy atom. The first-order valence-electron chi connectivity index (χ1n) is 8.55. The molecule has 2 aliphatic rings. The molecule has 0 radical (unpaired) electrons. The quantitative estimate of drug-likeness (QED) is 0.920. The molecule has 3 rings (SSSR count). The summed E-state index contributed by atoms with van der Waals surface area (Å²) in [6.45, 7) is 9.62. The van der Waals surface area contributed by atoms with Gasteiger partial charge in [-0.05, 0) is 51.4 Å². The Balaban J connectivity index is 1.57. The van der Waals surface area contributed by atoms with Crippen molar-refractivity contribution < 1.29 is 0 Å². The first kappa shape index (κ1) is 15.0. The molecule has 3 heteroatoms. The van der Waals surface area contributed by atoms with Gasteiger partial charge in [-0.25, -0.2) is 0 Å². The van der Waals surface area contributed by atoms with Crippen molar-refractivity contribution in [1.82, 2.24) is 15.1 Å². The maximum Gasteiger partial charge on any atom is 0.0237 e. The van der Waals surface area contributed by atoms with Crippen LogP contribution in [-0.4, -0.2) is 54.6 Å². The zero-order valence-electron chi connectivity index (χ0n) is 13.3. The molecule has 116 valence electrons. The number of nitrogens with one attached hydrogen (secondary N) is 1. The molecule has 2 saturated heterocycles. The monoisotopic (exact) mass is 287 g/mol. The lowest BCUT2D eigenvalue weighted by Gasteiger charge is -2.33. The molecule has 1 aromatic carbocycles. The summed E-state index contributed by atoms with van der Waals surface area (Å²) in [6, 6.07) is 12.4. The number of benzene rings is 1. The van der Waals surface area contributed by atoms with E-state index in [1.807, 2.05) is 0 Å². The van der Waals surface area contributed by atoms with Crippen molar-refractivity contribution in [1.29, 1.82) is 0 Å². The first-order valence-corrected chi connectivity index (χ1v) is 8.55. The molecule has 2 fully saturated rings. The Hall–Kier alpha value is -0.900. The molecule has 21 heavy (non-hydrogen) atoms. The van der Waals surface area contributed by atoms with E-state index in [9.17, 15) is 0 Å². The van der Waals surface area contributed by atoms with Crippen molar-refractivity contribution in [3.8, 4) is 0 Å². The van der Waals surface area contributed by atoms with Crippen molar-refractivity contribution in [2.45, 2.75) is 44.8 Å². The predicted octanol–water partition coefficient (Wildman–Crippen LogP) is 2.33. The summed E-state index contributed by atoms with van der Waals surface area (Å²) in [6.07, 6.45) is 3.96. The molecular formula is C18H29N3. The number of hydrogen-bond donors (Lipinski definition) is 1. The van der Waals surface area contributed by atoms with Crippen molar-refractivity contribution >= 4 is 0 Å². The zero-order chi connectivity index (χ0) is 14.5. The van der Waals surface area contributed by atoms with Crippen LogP contribution in [0.25, 0.3) is 0 Å².